The van der Waals surface area contributed by atoms with Gasteiger partial charge in [-0.3, -0.25) is 23.4 Å². The molecule has 6 N–H and O–H groups in total. The summed E-state index contributed by atoms with van der Waals surface area (Å²) in [7, 11) is -2.76. The van der Waals surface area contributed by atoms with E-state index in [1.54, 1.807) is 7.11 Å². The molecule has 1 aliphatic heterocycles. The number of aromatic amines is 1. The lowest BCUT2D eigenvalue weighted by atomic mass is 10.1. The first kappa shape index (κ1) is 33.1. The van der Waals surface area contributed by atoms with Crippen LogP contribution in [0.15, 0.2) is 47.5 Å². The Hall–Kier alpha value is -3.82. The van der Waals surface area contributed by atoms with E-state index in [9.17, 15) is 19.4 Å². The topological polar surface area (TPSA) is 209 Å². The average Bonchev–Trinajstić information content (AvgIpc) is 3.63. The highest BCUT2D eigenvalue weighted by molar-refractivity contribution is 7.47. The third-order valence-corrected chi connectivity index (χ3v) is 9.16. The lowest BCUT2D eigenvalue weighted by Gasteiger charge is -2.18. The third-order valence-electron chi connectivity index (χ3n) is 7.94. The van der Waals surface area contributed by atoms with E-state index >= 15 is 0 Å². The van der Waals surface area contributed by atoms with E-state index in [0.717, 1.165) is 52.5 Å². The predicted octanol–water partition coefficient (Wildman–Crippen LogP) is 4.52. The van der Waals surface area contributed by atoms with E-state index in [4.69, 9.17) is 40.8 Å². The van der Waals surface area contributed by atoms with Crippen molar-refractivity contribution in [1.29, 1.82) is 0 Å². The summed E-state index contributed by atoms with van der Waals surface area (Å²) in [6, 6.07) is 11.4. The molecule has 0 saturated carbocycles. The minimum atomic E-state index is -4.38. The van der Waals surface area contributed by atoms with Crippen LogP contribution in [-0.4, -0.2) is 73.6 Å². The number of nitrogen functional groups attached to an aromatic ring is 1. The Balaban J connectivity index is 0.936. The molecule has 2 aromatic carbocycles. The number of nitrogens with zero attached hydrogens (tertiary/aromatic N) is 4. The molecule has 5 aromatic rings. The molecular formula is C30H35ClN7O8P. The van der Waals surface area contributed by atoms with E-state index in [1.165, 1.54) is 10.9 Å². The largest absolute Gasteiger partial charge is 0.497 e. The zero-order valence-corrected chi connectivity index (χ0v) is 27.1. The molecule has 3 aromatic heterocycles. The van der Waals surface area contributed by atoms with Crippen LogP contribution in [0, 0.1) is 0 Å². The number of halogens is 1. The van der Waals surface area contributed by atoms with Gasteiger partial charge in [0.25, 0.3) is 5.56 Å². The summed E-state index contributed by atoms with van der Waals surface area (Å²) in [4.78, 5) is 37.5. The van der Waals surface area contributed by atoms with Gasteiger partial charge in [0.05, 0.1) is 49.5 Å². The normalized spacial score (nSPS) is 19.4. The Kier molecular flexibility index (Phi) is 9.94. The van der Waals surface area contributed by atoms with Crippen LogP contribution in [-0.2, 0) is 18.3 Å². The van der Waals surface area contributed by atoms with Crippen LogP contribution in [0.3, 0.4) is 0 Å². The fourth-order valence-electron chi connectivity index (χ4n) is 5.58. The average molecular weight is 688 g/mol. The van der Waals surface area contributed by atoms with E-state index in [-0.39, 0.29) is 36.7 Å². The summed E-state index contributed by atoms with van der Waals surface area (Å²) in [5.41, 5.74) is 8.00. The minimum absolute atomic E-state index is 0.0285. The van der Waals surface area contributed by atoms with Crippen LogP contribution >= 0.6 is 19.4 Å². The first-order chi connectivity index (χ1) is 22.6. The molecule has 0 amide bonds. The molecule has 15 nitrogen and oxygen atoms in total. The monoisotopic (exact) mass is 687 g/mol. The van der Waals surface area contributed by atoms with E-state index in [0.29, 0.717) is 18.0 Å². The summed E-state index contributed by atoms with van der Waals surface area (Å²) in [5.74, 6) is 0.653. The molecule has 250 valence electrons. The van der Waals surface area contributed by atoms with Crippen molar-refractivity contribution in [3.63, 3.8) is 0 Å². The fraction of sp³-hybridized carbons (Fsp3) is 0.400. The number of methoxy groups -OCH3 is 1. The molecule has 1 unspecified atom stereocenters. The zero-order chi connectivity index (χ0) is 33.1. The molecule has 0 aliphatic carbocycles. The van der Waals surface area contributed by atoms with Gasteiger partial charge in [0.1, 0.15) is 18.1 Å². The van der Waals surface area contributed by atoms with E-state index in [2.05, 4.69) is 20.3 Å². The quantitative estimate of drug-likeness (QED) is 0.0619. The minimum Gasteiger partial charge on any atom is -0.497 e. The van der Waals surface area contributed by atoms with Crippen LogP contribution in [0.25, 0.3) is 33.0 Å². The van der Waals surface area contributed by atoms with Crippen molar-refractivity contribution in [2.45, 2.75) is 50.5 Å². The van der Waals surface area contributed by atoms with Gasteiger partial charge < -0.3 is 30.5 Å². The van der Waals surface area contributed by atoms with Crippen molar-refractivity contribution in [3.05, 3.63) is 58.1 Å². The number of fused-ring (bicyclic) bond motifs is 3. The van der Waals surface area contributed by atoms with Crippen molar-refractivity contribution in [2.75, 3.05) is 37.9 Å². The zero-order valence-electron chi connectivity index (χ0n) is 25.5. The third kappa shape index (κ3) is 7.52. The number of hydrogen-bond donors (Lipinski definition) is 5. The van der Waals surface area contributed by atoms with Crippen molar-refractivity contribution in [1.82, 2.24) is 24.5 Å². The van der Waals surface area contributed by atoms with Gasteiger partial charge in [-0.1, -0.05) is 24.4 Å². The second-order valence-corrected chi connectivity index (χ2v) is 13.1. The molecule has 6 rings (SSSR count). The molecule has 1 aliphatic rings. The molecule has 47 heavy (non-hydrogen) atoms. The van der Waals surface area contributed by atoms with Crippen molar-refractivity contribution in [2.24, 2.45) is 0 Å². The smallest absolute Gasteiger partial charge is 0.472 e. The Bertz CT molecular complexity index is 2010. The van der Waals surface area contributed by atoms with Crippen LogP contribution in [0.4, 0.5) is 11.6 Å². The second kappa shape index (κ2) is 14.1. The Labute approximate surface area is 273 Å². The highest BCUT2D eigenvalue weighted by Gasteiger charge is 2.38. The maximum absolute atomic E-state index is 12.5. The first-order valence-electron chi connectivity index (χ1n) is 15.1. The fourth-order valence-corrected chi connectivity index (χ4v) is 6.52. The molecule has 17 heteroatoms. The maximum Gasteiger partial charge on any atom is 0.472 e. The lowest BCUT2D eigenvalue weighted by Crippen LogP contribution is -2.26. The van der Waals surface area contributed by atoms with Crippen LogP contribution < -0.4 is 21.3 Å². The van der Waals surface area contributed by atoms with Gasteiger partial charge in [-0.25, -0.2) is 14.5 Å². The number of H-pyrrole nitrogens is 1. The predicted molar refractivity (Wildman–Crippen MR) is 177 cm³/mol. The molecule has 0 bridgehead atoms. The highest BCUT2D eigenvalue weighted by Crippen LogP contribution is 2.44. The number of rotatable bonds is 14. The number of imidazole rings is 1. The van der Waals surface area contributed by atoms with E-state index < -0.39 is 31.8 Å². The summed E-state index contributed by atoms with van der Waals surface area (Å²) in [6.07, 6.45) is 1.87. The summed E-state index contributed by atoms with van der Waals surface area (Å²) < 4.78 is 35.5. The molecule has 1 saturated heterocycles. The number of phosphoric ester groups is 1. The molecule has 4 heterocycles. The Morgan fingerprint density at radius 1 is 1.13 bits per heavy atom. The standard InChI is InChI=1S/C30H35ClN7O8P/c1-43-18-7-9-21-20(13-18)26(19-8-6-17(31)12-22(19)35-21)33-10-4-2-3-5-11-44-47(41,42)45-15-24-23(39)14-25(46-24)38-16-34-27-28(38)36-30(32)37-29(27)40/h6-9,12-13,16,23-25,39H,2-5,10-11,14-15H2,1H3,(H,33,35)(H,41,42)(H3,32,36,37,40)/t23-,24+,25+/m0/s1. The van der Waals surface area contributed by atoms with Gasteiger partial charge in [0.15, 0.2) is 11.2 Å². The number of hydrogen-bond acceptors (Lipinski definition) is 12. The second-order valence-electron chi connectivity index (χ2n) is 11.2. The number of aliphatic hydroxyl groups excluding tert-OH is 1. The summed E-state index contributed by atoms with van der Waals surface area (Å²) in [6.45, 7) is 0.354. The molecule has 1 fully saturated rings. The van der Waals surface area contributed by atoms with Crippen molar-refractivity contribution >= 4 is 64.0 Å². The summed E-state index contributed by atoms with van der Waals surface area (Å²) >= 11 is 6.22. The van der Waals surface area contributed by atoms with Gasteiger partial charge in [-0.05, 0) is 49.2 Å². The maximum atomic E-state index is 12.5. The molecular weight excluding hydrogens is 653 g/mol. The van der Waals surface area contributed by atoms with Crippen molar-refractivity contribution < 1.29 is 33.1 Å². The Morgan fingerprint density at radius 3 is 2.79 bits per heavy atom. The van der Waals surface area contributed by atoms with Crippen molar-refractivity contribution in [3.8, 4) is 5.75 Å². The molecule has 0 spiro atoms. The number of pyridine rings is 1. The number of anilines is 2. The SMILES string of the molecule is COc1ccc2nc3cc(Cl)ccc3c(NCCCCCCOP(=O)(O)OC[C@H]3O[C@@H](n4cnc5c(=O)[nH]c(N)nc54)C[C@@H]3O)c2c1. The number of benzene rings is 2. The number of phosphoric acid groups is 1. The number of unbranched alkanes of at least 4 members (excludes halogenated alkanes) is 3. The van der Waals surface area contributed by atoms with Gasteiger partial charge in [-0.15, -0.1) is 0 Å². The van der Waals surface area contributed by atoms with Gasteiger partial charge >= 0.3 is 7.82 Å². The first-order valence-corrected chi connectivity index (χ1v) is 17.0. The molecule has 0 radical (unpaired) electrons. The van der Waals surface area contributed by atoms with Gasteiger partial charge in [0.2, 0.25) is 5.95 Å². The van der Waals surface area contributed by atoms with Gasteiger partial charge in [-0.2, -0.15) is 4.98 Å². The Morgan fingerprint density at radius 2 is 1.96 bits per heavy atom. The van der Waals surface area contributed by atoms with Crippen LogP contribution in [0.1, 0.15) is 38.3 Å². The number of aliphatic hydroxyl groups is 1. The lowest BCUT2D eigenvalue weighted by molar-refractivity contribution is -0.0439. The number of ether oxygens (including phenoxy) is 2. The highest BCUT2D eigenvalue weighted by atomic mass is 35.5. The number of nitrogens with two attached hydrogens (primary N) is 1. The number of nitrogens with one attached hydrogen (secondary N) is 2. The van der Waals surface area contributed by atoms with Crippen LogP contribution in [0.5, 0.6) is 5.75 Å². The summed E-state index contributed by atoms with van der Waals surface area (Å²) in [5, 5.41) is 16.6. The number of aromatic nitrogens is 5. The van der Waals surface area contributed by atoms with E-state index in [1.807, 2.05) is 36.4 Å². The van der Waals surface area contributed by atoms with Crippen LogP contribution in [0.2, 0.25) is 5.02 Å². The molecule has 4 atom stereocenters. The van der Waals surface area contributed by atoms with Gasteiger partial charge in [0, 0.05) is 28.8 Å².